The molecule has 3 nitrogen and oxygen atoms in total. The van der Waals surface area contributed by atoms with Crippen molar-refractivity contribution in [2.24, 2.45) is 5.92 Å². The van der Waals surface area contributed by atoms with Crippen molar-refractivity contribution in [3.8, 4) is 0 Å². The van der Waals surface area contributed by atoms with Crippen LogP contribution in [0.4, 0.5) is 0 Å². The summed E-state index contributed by atoms with van der Waals surface area (Å²) < 4.78 is 0. The second-order valence-corrected chi connectivity index (χ2v) is 6.09. The molecule has 2 aromatic rings. The van der Waals surface area contributed by atoms with E-state index in [2.05, 4.69) is 31.0 Å². The van der Waals surface area contributed by atoms with Gasteiger partial charge < -0.3 is 4.90 Å². The molecule has 0 spiro atoms. The number of hydrogen-bond donors (Lipinski definition) is 0. The van der Waals surface area contributed by atoms with E-state index in [1.165, 1.54) is 0 Å². The Bertz CT molecular complexity index is 652. The molecular formula is C18H22N2O. The highest BCUT2D eigenvalue weighted by atomic mass is 16.2. The van der Waals surface area contributed by atoms with Crippen LogP contribution in [0, 0.1) is 5.92 Å². The van der Waals surface area contributed by atoms with E-state index in [9.17, 15) is 4.79 Å². The van der Waals surface area contributed by atoms with Gasteiger partial charge in [-0.3, -0.25) is 9.78 Å². The van der Waals surface area contributed by atoms with Crippen LogP contribution >= 0.6 is 0 Å². The zero-order valence-electron chi connectivity index (χ0n) is 12.7. The third kappa shape index (κ3) is 2.92. The molecule has 2 heterocycles. The Morgan fingerprint density at radius 1 is 1.24 bits per heavy atom. The molecule has 1 aliphatic heterocycles. The van der Waals surface area contributed by atoms with Crippen molar-refractivity contribution in [2.75, 3.05) is 6.54 Å². The average molecular weight is 282 g/mol. The molecule has 0 N–H and O–H groups in total. The van der Waals surface area contributed by atoms with Crippen LogP contribution in [0.1, 0.15) is 32.4 Å². The molecule has 1 aromatic heterocycles. The van der Waals surface area contributed by atoms with E-state index in [1.807, 2.05) is 29.2 Å². The van der Waals surface area contributed by atoms with Crippen LogP contribution < -0.4 is 0 Å². The average Bonchev–Trinajstić information content (AvgIpc) is 2.84. The van der Waals surface area contributed by atoms with Gasteiger partial charge in [0.25, 0.3) is 0 Å². The van der Waals surface area contributed by atoms with Crippen molar-refractivity contribution < 1.29 is 4.79 Å². The van der Waals surface area contributed by atoms with Gasteiger partial charge in [0.2, 0.25) is 5.91 Å². The predicted molar refractivity (Wildman–Crippen MR) is 85.0 cm³/mol. The van der Waals surface area contributed by atoms with Gasteiger partial charge in [-0.05, 0) is 37.8 Å². The largest absolute Gasteiger partial charge is 0.340 e. The van der Waals surface area contributed by atoms with E-state index < -0.39 is 0 Å². The fourth-order valence-corrected chi connectivity index (χ4v) is 3.07. The summed E-state index contributed by atoms with van der Waals surface area (Å²) in [6.07, 6.45) is 2.41. The van der Waals surface area contributed by atoms with Gasteiger partial charge in [0.15, 0.2) is 0 Å². The van der Waals surface area contributed by atoms with Gasteiger partial charge in [-0.1, -0.05) is 31.2 Å². The Hall–Kier alpha value is -1.90. The number of likely N-dealkylation sites (tertiary alicyclic amines) is 1. The van der Waals surface area contributed by atoms with Crippen molar-refractivity contribution in [3.63, 3.8) is 0 Å². The molecule has 3 heteroatoms. The number of carbonyl (C=O) groups excluding carboxylic acids is 1. The topological polar surface area (TPSA) is 33.2 Å². The van der Waals surface area contributed by atoms with Crippen LogP contribution in [-0.4, -0.2) is 28.4 Å². The Labute approximate surface area is 126 Å². The Balaban J connectivity index is 1.65. The summed E-state index contributed by atoms with van der Waals surface area (Å²) in [6, 6.07) is 12.6. The molecule has 21 heavy (non-hydrogen) atoms. The fourth-order valence-electron chi connectivity index (χ4n) is 3.07. The Morgan fingerprint density at radius 3 is 2.81 bits per heavy atom. The molecule has 1 aromatic carbocycles. The Morgan fingerprint density at radius 2 is 2.05 bits per heavy atom. The van der Waals surface area contributed by atoms with E-state index in [-0.39, 0.29) is 5.91 Å². The van der Waals surface area contributed by atoms with Gasteiger partial charge in [0, 0.05) is 30.1 Å². The summed E-state index contributed by atoms with van der Waals surface area (Å²) in [6.45, 7) is 5.29. The molecule has 2 unspecified atom stereocenters. The smallest absolute Gasteiger partial charge is 0.223 e. The number of rotatable bonds is 3. The molecule has 1 saturated heterocycles. The molecule has 1 amide bonds. The molecule has 110 valence electrons. The van der Waals surface area contributed by atoms with E-state index in [0.29, 0.717) is 18.4 Å². The first-order valence-electron chi connectivity index (χ1n) is 7.79. The standard InChI is InChI=1S/C18H22N2O/c1-13-11-12-20(14(13)2)18(21)10-9-16-8-7-15-5-3-4-6-17(15)19-16/h3-8,13-14H,9-12H2,1-2H3. The van der Waals surface area contributed by atoms with E-state index >= 15 is 0 Å². The minimum Gasteiger partial charge on any atom is -0.340 e. The number of fused-ring (bicyclic) bond motifs is 1. The monoisotopic (exact) mass is 282 g/mol. The van der Waals surface area contributed by atoms with Crippen molar-refractivity contribution in [1.82, 2.24) is 9.88 Å². The summed E-state index contributed by atoms with van der Waals surface area (Å²) >= 11 is 0. The highest BCUT2D eigenvalue weighted by Gasteiger charge is 2.30. The molecular weight excluding hydrogens is 260 g/mol. The number of pyridine rings is 1. The maximum Gasteiger partial charge on any atom is 0.223 e. The number of amides is 1. The first-order chi connectivity index (χ1) is 10.1. The van der Waals surface area contributed by atoms with Crippen LogP contribution in [0.2, 0.25) is 0 Å². The van der Waals surface area contributed by atoms with Crippen LogP contribution in [-0.2, 0) is 11.2 Å². The Kier molecular flexibility index (Phi) is 3.91. The van der Waals surface area contributed by atoms with Gasteiger partial charge in [-0.25, -0.2) is 0 Å². The number of aromatic nitrogens is 1. The van der Waals surface area contributed by atoms with Crippen molar-refractivity contribution in [2.45, 2.75) is 39.2 Å². The zero-order valence-corrected chi connectivity index (χ0v) is 12.7. The van der Waals surface area contributed by atoms with Crippen molar-refractivity contribution in [3.05, 3.63) is 42.1 Å². The summed E-state index contributed by atoms with van der Waals surface area (Å²) in [5.74, 6) is 0.884. The maximum atomic E-state index is 12.3. The summed E-state index contributed by atoms with van der Waals surface area (Å²) in [5, 5.41) is 1.15. The van der Waals surface area contributed by atoms with Gasteiger partial charge in [-0.2, -0.15) is 0 Å². The molecule has 2 atom stereocenters. The van der Waals surface area contributed by atoms with Crippen molar-refractivity contribution >= 4 is 16.8 Å². The number of benzene rings is 1. The quantitative estimate of drug-likeness (QED) is 0.864. The molecule has 0 saturated carbocycles. The van der Waals surface area contributed by atoms with Crippen LogP contribution in [0.15, 0.2) is 36.4 Å². The number of hydrogen-bond acceptors (Lipinski definition) is 2. The molecule has 0 aliphatic carbocycles. The van der Waals surface area contributed by atoms with Gasteiger partial charge in [-0.15, -0.1) is 0 Å². The van der Waals surface area contributed by atoms with Crippen molar-refractivity contribution in [1.29, 1.82) is 0 Å². The lowest BCUT2D eigenvalue weighted by molar-refractivity contribution is -0.131. The predicted octanol–water partition coefficient (Wildman–Crippen LogP) is 3.42. The maximum absolute atomic E-state index is 12.3. The lowest BCUT2D eigenvalue weighted by Gasteiger charge is -2.23. The molecule has 0 bridgehead atoms. The van der Waals surface area contributed by atoms with Crippen LogP contribution in [0.5, 0.6) is 0 Å². The number of para-hydroxylation sites is 1. The molecule has 0 radical (unpaired) electrons. The van der Waals surface area contributed by atoms with Crippen LogP contribution in [0.25, 0.3) is 10.9 Å². The van der Waals surface area contributed by atoms with Gasteiger partial charge in [0.1, 0.15) is 0 Å². The lowest BCUT2D eigenvalue weighted by Crippen LogP contribution is -2.35. The second-order valence-electron chi connectivity index (χ2n) is 6.09. The number of carbonyl (C=O) groups is 1. The first-order valence-corrected chi connectivity index (χ1v) is 7.79. The van der Waals surface area contributed by atoms with E-state index in [0.717, 1.165) is 36.0 Å². The third-order valence-electron chi connectivity index (χ3n) is 4.71. The minimum atomic E-state index is 0.266. The summed E-state index contributed by atoms with van der Waals surface area (Å²) in [7, 11) is 0. The summed E-state index contributed by atoms with van der Waals surface area (Å²) in [4.78, 5) is 19.0. The molecule has 3 rings (SSSR count). The lowest BCUT2D eigenvalue weighted by atomic mass is 10.1. The highest BCUT2D eigenvalue weighted by molar-refractivity contribution is 5.79. The van der Waals surface area contributed by atoms with E-state index in [4.69, 9.17) is 0 Å². The zero-order chi connectivity index (χ0) is 14.8. The minimum absolute atomic E-state index is 0.266. The third-order valence-corrected chi connectivity index (χ3v) is 4.71. The SMILES string of the molecule is CC1CCN(C(=O)CCc2ccc3ccccc3n2)C1C. The van der Waals surface area contributed by atoms with Gasteiger partial charge in [0.05, 0.1) is 5.52 Å². The highest BCUT2D eigenvalue weighted by Crippen LogP contribution is 2.24. The molecule has 1 aliphatic rings. The fraction of sp³-hybridized carbons (Fsp3) is 0.444. The van der Waals surface area contributed by atoms with Crippen LogP contribution in [0.3, 0.4) is 0 Å². The first kappa shape index (κ1) is 14.1. The normalized spacial score (nSPS) is 21.9. The number of nitrogens with zero attached hydrogens (tertiary/aromatic N) is 2. The number of aryl methyl sites for hydroxylation is 1. The van der Waals surface area contributed by atoms with Gasteiger partial charge >= 0.3 is 0 Å². The van der Waals surface area contributed by atoms with E-state index in [1.54, 1.807) is 0 Å². The summed E-state index contributed by atoms with van der Waals surface area (Å²) in [5.41, 5.74) is 2.01. The second kappa shape index (κ2) is 5.84. The molecule has 1 fully saturated rings.